The third kappa shape index (κ3) is 4.41. The van der Waals surface area contributed by atoms with Crippen LogP contribution in [-0.2, 0) is 0 Å². The summed E-state index contributed by atoms with van der Waals surface area (Å²) in [4.78, 5) is 28.7. The Hall–Kier alpha value is -4.14. The second-order valence-corrected chi connectivity index (χ2v) is 6.18. The van der Waals surface area contributed by atoms with E-state index in [-0.39, 0.29) is 5.56 Å². The SMILES string of the molecule is Cc1nc(Nc2ccc(NC(=O)c3cncc(F)c3)cc2)cc(-n2ccnc2)n1. The van der Waals surface area contributed by atoms with Crippen molar-refractivity contribution in [3.05, 3.63) is 84.7 Å². The minimum atomic E-state index is -0.563. The molecule has 0 bridgehead atoms. The number of nitrogens with one attached hydrogen (secondary N) is 2. The van der Waals surface area contributed by atoms with Crippen LogP contribution in [0.15, 0.2) is 67.5 Å². The molecule has 1 amide bonds. The molecule has 2 N–H and O–H groups in total. The van der Waals surface area contributed by atoms with Crippen molar-refractivity contribution in [1.29, 1.82) is 0 Å². The fourth-order valence-electron chi connectivity index (χ4n) is 2.67. The highest BCUT2D eigenvalue weighted by molar-refractivity contribution is 6.04. The molecule has 0 unspecified atom stereocenters. The van der Waals surface area contributed by atoms with Crippen LogP contribution in [-0.4, -0.2) is 30.4 Å². The molecule has 0 radical (unpaired) electrons. The number of benzene rings is 1. The average molecular weight is 389 g/mol. The summed E-state index contributed by atoms with van der Waals surface area (Å²) >= 11 is 0. The van der Waals surface area contributed by atoms with Crippen molar-refractivity contribution < 1.29 is 9.18 Å². The van der Waals surface area contributed by atoms with Crippen LogP contribution < -0.4 is 10.6 Å². The molecule has 4 aromatic rings. The van der Waals surface area contributed by atoms with Gasteiger partial charge in [0.15, 0.2) is 0 Å². The second kappa shape index (κ2) is 7.85. The number of hydrogen-bond donors (Lipinski definition) is 2. The summed E-state index contributed by atoms with van der Waals surface area (Å²) in [5.41, 5.74) is 1.50. The lowest BCUT2D eigenvalue weighted by Crippen LogP contribution is -2.12. The summed E-state index contributed by atoms with van der Waals surface area (Å²) in [6, 6.07) is 10.0. The van der Waals surface area contributed by atoms with Crippen LogP contribution in [0.1, 0.15) is 16.2 Å². The van der Waals surface area contributed by atoms with Crippen LogP contribution in [0.4, 0.5) is 21.6 Å². The van der Waals surface area contributed by atoms with Crippen LogP contribution in [0.2, 0.25) is 0 Å². The normalized spacial score (nSPS) is 10.6. The van der Waals surface area contributed by atoms with Gasteiger partial charge in [0.2, 0.25) is 0 Å². The largest absolute Gasteiger partial charge is 0.340 e. The number of nitrogens with zero attached hydrogens (tertiary/aromatic N) is 5. The summed E-state index contributed by atoms with van der Waals surface area (Å²) in [5.74, 6) is 0.946. The van der Waals surface area contributed by atoms with Crippen LogP contribution in [0, 0.1) is 12.7 Å². The fourth-order valence-corrected chi connectivity index (χ4v) is 2.67. The Labute approximate surface area is 165 Å². The van der Waals surface area contributed by atoms with Crippen molar-refractivity contribution in [1.82, 2.24) is 24.5 Å². The van der Waals surface area contributed by atoms with Gasteiger partial charge in [0, 0.05) is 36.0 Å². The van der Waals surface area contributed by atoms with Gasteiger partial charge in [-0.25, -0.2) is 19.3 Å². The molecular weight excluding hydrogens is 373 g/mol. The Morgan fingerprint density at radius 3 is 2.55 bits per heavy atom. The Balaban J connectivity index is 1.47. The number of aromatic nitrogens is 5. The van der Waals surface area contributed by atoms with Crippen LogP contribution >= 0.6 is 0 Å². The first-order valence-electron chi connectivity index (χ1n) is 8.70. The maximum absolute atomic E-state index is 13.2. The molecule has 0 aliphatic heterocycles. The van der Waals surface area contributed by atoms with Gasteiger partial charge in [0.1, 0.15) is 29.6 Å². The van der Waals surface area contributed by atoms with Crippen LogP contribution in [0.5, 0.6) is 0 Å². The standard InChI is InChI=1S/C20H16FN7O/c1-13-24-18(9-19(25-13)28-7-6-22-12-28)26-16-2-4-17(5-3-16)27-20(29)14-8-15(21)11-23-10-14/h2-12H,1H3,(H,27,29)(H,24,25,26). The maximum Gasteiger partial charge on any atom is 0.257 e. The van der Waals surface area contributed by atoms with Gasteiger partial charge in [0.05, 0.1) is 11.8 Å². The molecule has 0 spiro atoms. The summed E-state index contributed by atoms with van der Waals surface area (Å²) < 4.78 is 15.0. The molecule has 4 rings (SSSR count). The highest BCUT2D eigenvalue weighted by Crippen LogP contribution is 2.20. The Morgan fingerprint density at radius 2 is 1.83 bits per heavy atom. The minimum Gasteiger partial charge on any atom is -0.340 e. The molecule has 0 aliphatic rings. The predicted octanol–water partition coefficient (Wildman–Crippen LogP) is 3.50. The van der Waals surface area contributed by atoms with E-state index in [1.165, 1.54) is 6.20 Å². The van der Waals surface area contributed by atoms with Crippen molar-refractivity contribution in [2.45, 2.75) is 6.92 Å². The van der Waals surface area contributed by atoms with Crippen molar-refractivity contribution in [2.24, 2.45) is 0 Å². The zero-order valence-corrected chi connectivity index (χ0v) is 15.4. The molecule has 0 saturated carbocycles. The third-order valence-electron chi connectivity index (χ3n) is 3.98. The van der Waals surface area contributed by atoms with Gasteiger partial charge >= 0.3 is 0 Å². The topological polar surface area (TPSA) is 97.6 Å². The van der Waals surface area contributed by atoms with Gasteiger partial charge in [-0.2, -0.15) is 0 Å². The number of rotatable bonds is 5. The first-order chi connectivity index (χ1) is 14.1. The Kier molecular flexibility index (Phi) is 4.93. The van der Waals surface area contributed by atoms with Gasteiger partial charge in [-0.05, 0) is 37.3 Å². The van der Waals surface area contributed by atoms with Crippen molar-refractivity contribution in [3.8, 4) is 5.82 Å². The molecule has 144 valence electrons. The van der Waals surface area contributed by atoms with E-state index in [1.807, 2.05) is 6.92 Å². The van der Waals surface area contributed by atoms with Crippen molar-refractivity contribution >= 4 is 23.1 Å². The number of imidazole rings is 1. The lowest BCUT2D eigenvalue weighted by molar-refractivity contribution is 0.102. The molecule has 9 heteroatoms. The summed E-state index contributed by atoms with van der Waals surface area (Å²) in [5, 5.41) is 5.91. The second-order valence-electron chi connectivity index (χ2n) is 6.18. The molecule has 0 aliphatic carbocycles. The van der Waals surface area contributed by atoms with Crippen molar-refractivity contribution in [3.63, 3.8) is 0 Å². The smallest absolute Gasteiger partial charge is 0.257 e. The molecule has 0 fully saturated rings. The maximum atomic E-state index is 13.2. The number of amides is 1. The van der Waals surface area contributed by atoms with Gasteiger partial charge in [-0.1, -0.05) is 0 Å². The number of hydrogen-bond acceptors (Lipinski definition) is 6. The van der Waals surface area contributed by atoms with E-state index in [9.17, 15) is 9.18 Å². The minimum absolute atomic E-state index is 0.149. The number of carbonyl (C=O) groups excluding carboxylic acids is 1. The molecular formula is C20H16FN7O. The highest BCUT2D eigenvalue weighted by Gasteiger charge is 2.08. The molecule has 29 heavy (non-hydrogen) atoms. The van der Waals surface area contributed by atoms with E-state index in [1.54, 1.807) is 53.6 Å². The molecule has 8 nitrogen and oxygen atoms in total. The monoisotopic (exact) mass is 389 g/mol. The zero-order valence-electron chi connectivity index (χ0n) is 15.4. The molecule has 0 saturated heterocycles. The third-order valence-corrected chi connectivity index (χ3v) is 3.98. The van der Waals surface area contributed by atoms with E-state index in [0.717, 1.165) is 18.0 Å². The number of carbonyl (C=O) groups is 1. The number of halogens is 1. The zero-order chi connectivity index (χ0) is 20.2. The average Bonchev–Trinajstić information content (AvgIpc) is 3.24. The molecule has 0 atom stereocenters. The lowest BCUT2D eigenvalue weighted by atomic mass is 10.2. The lowest BCUT2D eigenvalue weighted by Gasteiger charge is -2.10. The molecule has 1 aromatic carbocycles. The van der Waals surface area contributed by atoms with E-state index in [2.05, 4.69) is 30.6 Å². The Morgan fingerprint density at radius 1 is 1.03 bits per heavy atom. The fraction of sp³-hybridized carbons (Fsp3) is 0.0500. The van der Waals surface area contributed by atoms with Crippen LogP contribution in [0.3, 0.4) is 0 Å². The van der Waals surface area contributed by atoms with Gasteiger partial charge < -0.3 is 10.6 Å². The predicted molar refractivity (Wildman–Crippen MR) is 106 cm³/mol. The van der Waals surface area contributed by atoms with E-state index in [0.29, 0.717) is 23.1 Å². The van der Waals surface area contributed by atoms with E-state index < -0.39 is 11.7 Å². The first kappa shape index (κ1) is 18.2. The number of pyridine rings is 1. The summed E-state index contributed by atoms with van der Waals surface area (Å²) in [6.07, 6.45) is 7.50. The summed E-state index contributed by atoms with van der Waals surface area (Å²) in [7, 11) is 0. The molecule has 3 heterocycles. The highest BCUT2D eigenvalue weighted by atomic mass is 19.1. The quantitative estimate of drug-likeness (QED) is 0.542. The van der Waals surface area contributed by atoms with E-state index >= 15 is 0 Å². The van der Waals surface area contributed by atoms with E-state index in [4.69, 9.17) is 0 Å². The Bertz CT molecular complexity index is 1140. The number of aryl methyl sites for hydroxylation is 1. The van der Waals surface area contributed by atoms with Gasteiger partial charge in [0.25, 0.3) is 5.91 Å². The van der Waals surface area contributed by atoms with Gasteiger partial charge in [-0.15, -0.1) is 0 Å². The number of anilines is 3. The first-order valence-corrected chi connectivity index (χ1v) is 8.70. The molecule has 3 aromatic heterocycles. The van der Waals surface area contributed by atoms with Gasteiger partial charge in [-0.3, -0.25) is 14.3 Å². The van der Waals surface area contributed by atoms with Crippen LogP contribution in [0.25, 0.3) is 5.82 Å². The summed E-state index contributed by atoms with van der Waals surface area (Å²) in [6.45, 7) is 1.81. The van der Waals surface area contributed by atoms with Crippen molar-refractivity contribution in [2.75, 3.05) is 10.6 Å².